The number of amides is 1. The number of carboxylic acid groups (broad SMARTS) is 1. The summed E-state index contributed by atoms with van der Waals surface area (Å²) in [6, 6.07) is 5.56. The minimum atomic E-state index is -0.919. The third-order valence-corrected chi connectivity index (χ3v) is 6.27. The summed E-state index contributed by atoms with van der Waals surface area (Å²) >= 11 is 1.40. The van der Waals surface area contributed by atoms with Gasteiger partial charge in [-0.2, -0.15) is 0 Å². The standard InChI is InChI=1S/C21H23N3O4S/c1-28-17-7-6-16-18(15-8-11-29-19(15)20(25)23-16)14(17)5-3-10-24(21(26)27)13-4-2-9-22-12-13/h3,5-8,11,13,22H,2,4,9-10,12H2,1H3,(H,23,25)(H,26,27)/b5-3+. The van der Waals surface area contributed by atoms with Gasteiger partial charge in [0.25, 0.3) is 5.56 Å². The quantitative estimate of drug-likeness (QED) is 0.595. The van der Waals surface area contributed by atoms with Gasteiger partial charge < -0.3 is 25.0 Å². The highest BCUT2D eigenvalue weighted by Crippen LogP contribution is 2.34. The molecule has 3 N–H and O–H groups in total. The first-order valence-corrected chi connectivity index (χ1v) is 10.4. The first-order chi connectivity index (χ1) is 14.1. The third-order valence-electron chi connectivity index (χ3n) is 5.36. The number of aromatic nitrogens is 1. The van der Waals surface area contributed by atoms with E-state index in [-0.39, 0.29) is 18.1 Å². The van der Waals surface area contributed by atoms with E-state index >= 15 is 0 Å². The maximum atomic E-state index is 12.3. The van der Waals surface area contributed by atoms with Crippen LogP contribution in [-0.2, 0) is 0 Å². The van der Waals surface area contributed by atoms with E-state index in [0.29, 0.717) is 17.0 Å². The summed E-state index contributed by atoms with van der Waals surface area (Å²) in [5.41, 5.74) is 1.45. The fourth-order valence-corrected chi connectivity index (χ4v) is 4.76. The van der Waals surface area contributed by atoms with Gasteiger partial charge >= 0.3 is 6.09 Å². The molecule has 0 spiro atoms. The van der Waals surface area contributed by atoms with Gasteiger partial charge in [-0.15, -0.1) is 11.3 Å². The second-order valence-electron chi connectivity index (χ2n) is 7.06. The number of thiophene rings is 1. The normalized spacial score (nSPS) is 17.2. The number of methoxy groups -OCH3 is 1. The Hall–Kier alpha value is -2.84. The van der Waals surface area contributed by atoms with Crippen LogP contribution in [0.25, 0.3) is 27.1 Å². The van der Waals surface area contributed by atoms with Crippen LogP contribution in [0.2, 0.25) is 0 Å². The number of hydrogen-bond acceptors (Lipinski definition) is 5. The first kappa shape index (κ1) is 19.5. The average Bonchev–Trinajstić information content (AvgIpc) is 3.22. The molecule has 0 saturated carbocycles. The largest absolute Gasteiger partial charge is 0.496 e. The molecular formula is C21H23N3O4S. The van der Waals surface area contributed by atoms with E-state index < -0.39 is 6.09 Å². The van der Waals surface area contributed by atoms with Crippen molar-refractivity contribution >= 4 is 44.5 Å². The van der Waals surface area contributed by atoms with Crippen LogP contribution in [0.1, 0.15) is 18.4 Å². The number of pyridine rings is 1. The lowest BCUT2D eigenvalue weighted by Crippen LogP contribution is -2.48. The van der Waals surface area contributed by atoms with Crippen LogP contribution in [0.4, 0.5) is 4.79 Å². The first-order valence-electron chi connectivity index (χ1n) is 9.57. The summed E-state index contributed by atoms with van der Waals surface area (Å²) in [7, 11) is 1.60. The highest BCUT2D eigenvalue weighted by Gasteiger charge is 2.24. The summed E-state index contributed by atoms with van der Waals surface area (Å²) in [5, 5.41) is 16.6. The summed E-state index contributed by atoms with van der Waals surface area (Å²) < 4.78 is 6.22. The molecule has 1 fully saturated rings. The molecule has 1 aliphatic heterocycles. The molecule has 29 heavy (non-hydrogen) atoms. The number of nitrogens with one attached hydrogen (secondary N) is 2. The molecule has 3 heterocycles. The van der Waals surface area contributed by atoms with Crippen molar-refractivity contribution in [3.8, 4) is 5.75 Å². The van der Waals surface area contributed by atoms with Crippen molar-refractivity contribution in [3.05, 3.63) is 45.6 Å². The molecule has 1 atom stereocenters. The zero-order valence-corrected chi connectivity index (χ0v) is 16.9. The SMILES string of the molecule is COc1ccc2[nH]c(=O)c3sccc3c2c1/C=C/CN(C(=O)O)C1CCCNC1. The Labute approximate surface area is 171 Å². The van der Waals surface area contributed by atoms with Crippen LogP contribution >= 0.6 is 11.3 Å². The van der Waals surface area contributed by atoms with Gasteiger partial charge in [0.1, 0.15) is 10.4 Å². The van der Waals surface area contributed by atoms with Gasteiger partial charge in [0.05, 0.1) is 7.11 Å². The summed E-state index contributed by atoms with van der Waals surface area (Å²) in [4.78, 5) is 28.5. The van der Waals surface area contributed by atoms with Gasteiger partial charge in [0.15, 0.2) is 0 Å². The maximum absolute atomic E-state index is 12.3. The van der Waals surface area contributed by atoms with Gasteiger partial charge in [0.2, 0.25) is 0 Å². The van der Waals surface area contributed by atoms with Gasteiger partial charge in [-0.05, 0) is 43.0 Å². The number of benzene rings is 1. The Bertz CT molecular complexity index is 1130. The Balaban J connectivity index is 1.73. The molecule has 1 saturated heterocycles. The van der Waals surface area contributed by atoms with E-state index in [2.05, 4.69) is 10.3 Å². The molecule has 8 heteroatoms. The van der Waals surface area contributed by atoms with E-state index in [1.807, 2.05) is 35.7 Å². The van der Waals surface area contributed by atoms with E-state index in [1.165, 1.54) is 16.2 Å². The summed E-state index contributed by atoms with van der Waals surface area (Å²) in [6.45, 7) is 1.90. The number of H-pyrrole nitrogens is 1. The van der Waals surface area contributed by atoms with Crippen molar-refractivity contribution in [2.45, 2.75) is 18.9 Å². The Morgan fingerprint density at radius 1 is 1.41 bits per heavy atom. The van der Waals surface area contributed by atoms with Crippen molar-refractivity contribution in [2.24, 2.45) is 0 Å². The lowest BCUT2D eigenvalue weighted by atomic mass is 10.0. The van der Waals surface area contributed by atoms with Crippen molar-refractivity contribution in [1.29, 1.82) is 0 Å². The predicted octanol–water partition coefficient (Wildman–Crippen LogP) is 3.50. The molecule has 1 unspecified atom stereocenters. The number of ether oxygens (including phenoxy) is 1. The summed E-state index contributed by atoms with van der Waals surface area (Å²) in [6.07, 6.45) is 4.66. The van der Waals surface area contributed by atoms with Gasteiger partial charge in [-0.25, -0.2) is 4.79 Å². The number of carbonyl (C=O) groups is 1. The van der Waals surface area contributed by atoms with Crippen LogP contribution in [0.5, 0.6) is 5.75 Å². The number of rotatable bonds is 5. The minimum Gasteiger partial charge on any atom is -0.496 e. The van der Waals surface area contributed by atoms with Gasteiger partial charge in [0, 0.05) is 41.0 Å². The maximum Gasteiger partial charge on any atom is 0.407 e. The van der Waals surface area contributed by atoms with Gasteiger partial charge in [-0.3, -0.25) is 4.79 Å². The van der Waals surface area contributed by atoms with Crippen molar-refractivity contribution in [2.75, 3.05) is 26.7 Å². The second-order valence-corrected chi connectivity index (χ2v) is 7.98. The summed E-state index contributed by atoms with van der Waals surface area (Å²) in [5.74, 6) is 0.675. The predicted molar refractivity (Wildman–Crippen MR) is 116 cm³/mol. The number of fused-ring (bicyclic) bond motifs is 3. The van der Waals surface area contributed by atoms with Crippen LogP contribution < -0.4 is 15.6 Å². The zero-order chi connectivity index (χ0) is 20.4. The monoisotopic (exact) mass is 413 g/mol. The number of nitrogens with zero attached hydrogens (tertiary/aromatic N) is 1. The van der Waals surface area contributed by atoms with E-state index in [0.717, 1.165) is 41.2 Å². The van der Waals surface area contributed by atoms with Crippen molar-refractivity contribution in [3.63, 3.8) is 0 Å². The van der Waals surface area contributed by atoms with E-state index in [4.69, 9.17) is 4.74 Å². The molecular weight excluding hydrogens is 390 g/mol. The molecule has 1 amide bonds. The molecule has 0 bridgehead atoms. The lowest BCUT2D eigenvalue weighted by Gasteiger charge is -2.31. The molecule has 2 aromatic heterocycles. The Kier molecular flexibility index (Phi) is 5.55. The molecule has 1 aliphatic rings. The van der Waals surface area contributed by atoms with Crippen molar-refractivity contribution in [1.82, 2.24) is 15.2 Å². The minimum absolute atomic E-state index is 0.0275. The highest BCUT2D eigenvalue weighted by atomic mass is 32.1. The fraction of sp³-hybridized carbons (Fsp3) is 0.333. The fourth-order valence-electron chi connectivity index (χ4n) is 3.97. The molecule has 1 aromatic carbocycles. The van der Waals surface area contributed by atoms with E-state index in [1.54, 1.807) is 7.11 Å². The number of hydrogen-bond donors (Lipinski definition) is 3. The molecule has 4 rings (SSSR count). The number of aromatic amines is 1. The highest BCUT2D eigenvalue weighted by molar-refractivity contribution is 7.17. The molecule has 152 valence electrons. The molecule has 0 aliphatic carbocycles. The molecule has 7 nitrogen and oxygen atoms in total. The smallest absolute Gasteiger partial charge is 0.407 e. The van der Waals surface area contributed by atoms with Crippen LogP contribution in [0.3, 0.4) is 0 Å². The van der Waals surface area contributed by atoms with E-state index in [9.17, 15) is 14.7 Å². The second kappa shape index (κ2) is 8.26. The average molecular weight is 413 g/mol. The lowest BCUT2D eigenvalue weighted by molar-refractivity contribution is 0.122. The molecule has 0 radical (unpaired) electrons. The Morgan fingerprint density at radius 3 is 3.00 bits per heavy atom. The van der Waals surface area contributed by atoms with Crippen LogP contribution in [-0.4, -0.2) is 53.9 Å². The number of piperidine rings is 1. The Morgan fingerprint density at radius 2 is 2.28 bits per heavy atom. The topological polar surface area (TPSA) is 94.7 Å². The molecule has 3 aromatic rings. The zero-order valence-electron chi connectivity index (χ0n) is 16.1. The van der Waals surface area contributed by atoms with Crippen LogP contribution in [0.15, 0.2) is 34.4 Å². The van der Waals surface area contributed by atoms with Crippen LogP contribution in [0, 0.1) is 0 Å². The van der Waals surface area contributed by atoms with Gasteiger partial charge in [-0.1, -0.05) is 12.2 Å². The van der Waals surface area contributed by atoms with Crippen molar-refractivity contribution < 1.29 is 14.6 Å². The third kappa shape index (κ3) is 3.73.